The Hall–Kier alpha value is -0.340. The fraction of sp³-hybridized carbons (Fsp3) is 0.778. The van der Waals surface area contributed by atoms with E-state index in [0.717, 1.165) is 6.42 Å². The SMILES string of the molecule is C/C=C/[C@H]1CC[C@@H]1OCCO. The molecule has 1 fully saturated rings. The minimum Gasteiger partial charge on any atom is -0.394 e. The van der Waals surface area contributed by atoms with E-state index in [9.17, 15) is 0 Å². The molecule has 1 aliphatic carbocycles. The van der Waals surface area contributed by atoms with Crippen LogP contribution in [0.1, 0.15) is 19.8 Å². The summed E-state index contributed by atoms with van der Waals surface area (Å²) < 4.78 is 5.39. The third-order valence-electron chi connectivity index (χ3n) is 2.12. The van der Waals surface area contributed by atoms with Gasteiger partial charge in [-0.05, 0) is 19.8 Å². The number of rotatable bonds is 4. The third kappa shape index (κ3) is 2.31. The topological polar surface area (TPSA) is 29.5 Å². The van der Waals surface area contributed by atoms with Gasteiger partial charge in [-0.3, -0.25) is 0 Å². The molecular weight excluding hydrogens is 140 g/mol. The Kier molecular flexibility index (Phi) is 3.60. The smallest absolute Gasteiger partial charge is 0.0701 e. The van der Waals surface area contributed by atoms with Crippen molar-refractivity contribution >= 4 is 0 Å². The van der Waals surface area contributed by atoms with Gasteiger partial charge in [-0.1, -0.05) is 12.2 Å². The quantitative estimate of drug-likeness (QED) is 0.622. The second-order valence-electron chi connectivity index (χ2n) is 2.90. The minimum atomic E-state index is 0.138. The normalized spacial score (nSPS) is 30.7. The summed E-state index contributed by atoms with van der Waals surface area (Å²) in [6, 6.07) is 0. The maximum Gasteiger partial charge on any atom is 0.0701 e. The number of ether oxygens (including phenoxy) is 1. The molecule has 0 saturated heterocycles. The monoisotopic (exact) mass is 156 g/mol. The number of allylic oxidation sites excluding steroid dienone is 1. The lowest BCUT2D eigenvalue weighted by Crippen LogP contribution is -2.33. The summed E-state index contributed by atoms with van der Waals surface area (Å²) in [4.78, 5) is 0. The van der Waals surface area contributed by atoms with Crippen LogP contribution >= 0.6 is 0 Å². The summed E-state index contributed by atoms with van der Waals surface area (Å²) in [5.41, 5.74) is 0. The first-order valence-electron chi connectivity index (χ1n) is 4.23. The van der Waals surface area contributed by atoms with E-state index in [2.05, 4.69) is 12.2 Å². The summed E-state index contributed by atoms with van der Waals surface area (Å²) in [6.07, 6.45) is 7.01. The van der Waals surface area contributed by atoms with E-state index in [1.54, 1.807) is 0 Å². The lowest BCUT2D eigenvalue weighted by Gasteiger charge is -2.34. The molecule has 0 spiro atoms. The van der Waals surface area contributed by atoms with Crippen molar-refractivity contribution in [3.8, 4) is 0 Å². The lowest BCUT2D eigenvalue weighted by molar-refractivity contribution is -0.0411. The highest BCUT2D eigenvalue weighted by Gasteiger charge is 2.28. The average molecular weight is 156 g/mol. The Morgan fingerprint density at radius 3 is 2.82 bits per heavy atom. The first kappa shape index (κ1) is 8.75. The Morgan fingerprint density at radius 2 is 2.36 bits per heavy atom. The fourth-order valence-corrected chi connectivity index (χ4v) is 1.37. The van der Waals surface area contributed by atoms with E-state index < -0.39 is 0 Å². The van der Waals surface area contributed by atoms with Crippen molar-refractivity contribution in [3.63, 3.8) is 0 Å². The van der Waals surface area contributed by atoms with Crippen LogP contribution in [0.3, 0.4) is 0 Å². The molecule has 2 heteroatoms. The van der Waals surface area contributed by atoms with Crippen molar-refractivity contribution in [2.75, 3.05) is 13.2 Å². The van der Waals surface area contributed by atoms with Gasteiger partial charge in [0, 0.05) is 5.92 Å². The fourth-order valence-electron chi connectivity index (χ4n) is 1.37. The summed E-state index contributed by atoms with van der Waals surface area (Å²) in [6.45, 7) is 2.65. The van der Waals surface area contributed by atoms with Crippen LogP contribution in [0.25, 0.3) is 0 Å². The Morgan fingerprint density at radius 1 is 1.55 bits per heavy atom. The predicted octanol–water partition coefficient (Wildman–Crippen LogP) is 1.35. The number of aliphatic hydroxyl groups excluding tert-OH is 1. The molecule has 1 N–H and O–H groups in total. The Balaban J connectivity index is 2.15. The molecule has 0 amide bonds. The van der Waals surface area contributed by atoms with Gasteiger partial charge in [0.05, 0.1) is 19.3 Å². The predicted molar refractivity (Wildman–Crippen MR) is 44.4 cm³/mol. The molecular formula is C9H16O2. The van der Waals surface area contributed by atoms with Gasteiger partial charge >= 0.3 is 0 Å². The van der Waals surface area contributed by atoms with Crippen molar-refractivity contribution < 1.29 is 9.84 Å². The summed E-state index contributed by atoms with van der Waals surface area (Å²) >= 11 is 0. The largest absolute Gasteiger partial charge is 0.394 e. The molecule has 1 saturated carbocycles. The summed E-state index contributed by atoms with van der Waals surface area (Å²) in [7, 11) is 0. The first-order chi connectivity index (χ1) is 5.38. The minimum absolute atomic E-state index is 0.138. The zero-order valence-corrected chi connectivity index (χ0v) is 6.99. The standard InChI is InChI=1S/C9H16O2/c1-2-3-8-4-5-9(8)11-7-6-10/h2-3,8-10H,4-7H2,1H3/b3-2+/t8-,9-/m0/s1. The second kappa shape index (κ2) is 4.52. The van der Waals surface area contributed by atoms with Crippen molar-refractivity contribution in [1.29, 1.82) is 0 Å². The molecule has 2 atom stereocenters. The van der Waals surface area contributed by atoms with E-state index in [4.69, 9.17) is 9.84 Å². The van der Waals surface area contributed by atoms with Gasteiger partial charge < -0.3 is 9.84 Å². The molecule has 11 heavy (non-hydrogen) atoms. The van der Waals surface area contributed by atoms with Gasteiger partial charge in [0.15, 0.2) is 0 Å². The maximum absolute atomic E-state index is 8.51. The van der Waals surface area contributed by atoms with Gasteiger partial charge in [0.2, 0.25) is 0 Å². The Labute approximate surface area is 67.9 Å². The van der Waals surface area contributed by atoms with Crippen molar-refractivity contribution in [3.05, 3.63) is 12.2 Å². The molecule has 2 nitrogen and oxygen atoms in total. The molecule has 0 aliphatic heterocycles. The molecule has 0 heterocycles. The van der Waals surface area contributed by atoms with Gasteiger partial charge in [0.25, 0.3) is 0 Å². The summed E-state index contributed by atoms with van der Waals surface area (Å²) in [5.74, 6) is 0.603. The molecule has 0 radical (unpaired) electrons. The van der Waals surface area contributed by atoms with Crippen LogP contribution in [-0.2, 0) is 4.74 Å². The van der Waals surface area contributed by atoms with Crippen molar-refractivity contribution in [2.45, 2.75) is 25.9 Å². The van der Waals surface area contributed by atoms with Crippen LogP contribution in [-0.4, -0.2) is 24.4 Å². The van der Waals surface area contributed by atoms with Gasteiger partial charge in [0.1, 0.15) is 0 Å². The van der Waals surface area contributed by atoms with Crippen LogP contribution in [0, 0.1) is 5.92 Å². The van der Waals surface area contributed by atoms with E-state index >= 15 is 0 Å². The molecule has 1 rings (SSSR count). The summed E-state index contributed by atoms with van der Waals surface area (Å²) in [5, 5.41) is 8.51. The van der Waals surface area contributed by atoms with Gasteiger partial charge in [-0.15, -0.1) is 0 Å². The van der Waals surface area contributed by atoms with Crippen LogP contribution < -0.4 is 0 Å². The number of hydrogen-bond acceptors (Lipinski definition) is 2. The molecule has 1 aliphatic rings. The van der Waals surface area contributed by atoms with E-state index in [-0.39, 0.29) is 6.61 Å². The van der Waals surface area contributed by atoms with Crippen molar-refractivity contribution in [2.24, 2.45) is 5.92 Å². The second-order valence-corrected chi connectivity index (χ2v) is 2.90. The van der Waals surface area contributed by atoms with E-state index in [1.165, 1.54) is 6.42 Å². The molecule has 0 aromatic rings. The van der Waals surface area contributed by atoms with Crippen LogP contribution in [0.2, 0.25) is 0 Å². The number of aliphatic hydroxyl groups is 1. The zero-order chi connectivity index (χ0) is 8.10. The number of hydrogen-bond donors (Lipinski definition) is 1. The zero-order valence-electron chi connectivity index (χ0n) is 6.99. The molecule has 0 bridgehead atoms. The van der Waals surface area contributed by atoms with Crippen LogP contribution in [0.5, 0.6) is 0 Å². The highest BCUT2D eigenvalue weighted by molar-refractivity contribution is 4.96. The first-order valence-corrected chi connectivity index (χ1v) is 4.23. The third-order valence-corrected chi connectivity index (χ3v) is 2.12. The Bertz CT molecular complexity index is 132. The van der Waals surface area contributed by atoms with E-state index in [1.807, 2.05) is 6.92 Å². The van der Waals surface area contributed by atoms with Crippen molar-refractivity contribution in [1.82, 2.24) is 0 Å². The molecule has 0 aromatic heterocycles. The molecule has 0 unspecified atom stereocenters. The average Bonchev–Trinajstić information content (AvgIpc) is 1.99. The van der Waals surface area contributed by atoms with Gasteiger partial charge in [-0.25, -0.2) is 0 Å². The lowest BCUT2D eigenvalue weighted by atomic mass is 9.81. The van der Waals surface area contributed by atoms with Crippen LogP contribution in [0.15, 0.2) is 12.2 Å². The molecule has 0 aromatic carbocycles. The van der Waals surface area contributed by atoms with Gasteiger partial charge in [-0.2, -0.15) is 0 Å². The van der Waals surface area contributed by atoms with E-state index in [0.29, 0.717) is 18.6 Å². The van der Waals surface area contributed by atoms with Crippen LogP contribution in [0.4, 0.5) is 0 Å². The molecule has 64 valence electrons. The highest BCUT2D eigenvalue weighted by atomic mass is 16.5. The highest BCUT2D eigenvalue weighted by Crippen LogP contribution is 2.31. The maximum atomic E-state index is 8.51.